The SMILES string of the molecule is C=C.CNC(=O)CSSc1ccccn1. The molecule has 1 aromatic rings. The highest BCUT2D eigenvalue weighted by Gasteiger charge is 1.99. The fraction of sp³-hybridized carbons (Fsp3) is 0.200. The van der Waals surface area contributed by atoms with Gasteiger partial charge in [-0.1, -0.05) is 16.9 Å². The Morgan fingerprint density at radius 3 is 2.80 bits per heavy atom. The second kappa shape index (κ2) is 9.61. The molecule has 1 aromatic heterocycles. The van der Waals surface area contributed by atoms with Gasteiger partial charge in [-0.25, -0.2) is 4.98 Å². The number of hydrogen-bond acceptors (Lipinski definition) is 4. The summed E-state index contributed by atoms with van der Waals surface area (Å²) in [4.78, 5) is 14.9. The summed E-state index contributed by atoms with van der Waals surface area (Å²) in [6.07, 6.45) is 1.74. The molecule has 3 nitrogen and oxygen atoms in total. The highest BCUT2D eigenvalue weighted by Crippen LogP contribution is 2.28. The van der Waals surface area contributed by atoms with Gasteiger partial charge in [-0.3, -0.25) is 4.79 Å². The molecular weight excluding hydrogens is 228 g/mol. The first-order valence-electron chi connectivity index (χ1n) is 4.24. The van der Waals surface area contributed by atoms with Crippen molar-refractivity contribution in [2.45, 2.75) is 5.03 Å². The molecule has 1 N–H and O–H groups in total. The predicted octanol–water partition coefficient (Wildman–Crippen LogP) is 2.37. The van der Waals surface area contributed by atoms with Gasteiger partial charge in [-0.05, 0) is 22.9 Å². The number of amides is 1. The molecule has 1 amide bonds. The molecule has 0 bridgehead atoms. The van der Waals surface area contributed by atoms with E-state index in [9.17, 15) is 4.79 Å². The predicted molar refractivity (Wildman–Crippen MR) is 67.9 cm³/mol. The number of carbonyl (C=O) groups is 1. The van der Waals surface area contributed by atoms with E-state index in [-0.39, 0.29) is 5.91 Å². The summed E-state index contributed by atoms with van der Waals surface area (Å²) in [5.41, 5.74) is 0. The molecule has 1 heterocycles. The van der Waals surface area contributed by atoms with Crippen molar-refractivity contribution in [1.29, 1.82) is 0 Å². The van der Waals surface area contributed by atoms with Crippen LogP contribution in [-0.2, 0) is 4.79 Å². The van der Waals surface area contributed by atoms with Gasteiger partial charge in [0, 0.05) is 13.2 Å². The average molecular weight is 242 g/mol. The van der Waals surface area contributed by atoms with Gasteiger partial charge < -0.3 is 5.32 Å². The van der Waals surface area contributed by atoms with Crippen LogP contribution in [-0.4, -0.2) is 23.7 Å². The maximum Gasteiger partial charge on any atom is 0.230 e. The van der Waals surface area contributed by atoms with Crippen LogP contribution in [0.4, 0.5) is 0 Å². The van der Waals surface area contributed by atoms with Gasteiger partial charge in [-0.15, -0.1) is 13.2 Å². The van der Waals surface area contributed by atoms with Crippen molar-refractivity contribution in [2.75, 3.05) is 12.8 Å². The van der Waals surface area contributed by atoms with Gasteiger partial charge in [0.05, 0.1) is 5.75 Å². The van der Waals surface area contributed by atoms with E-state index in [1.165, 1.54) is 21.6 Å². The number of carbonyl (C=O) groups excluding carboxylic acids is 1. The van der Waals surface area contributed by atoms with E-state index >= 15 is 0 Å². The van der Waals surface area contributed by atoms with Crippen molar-refractivity contribution in [2.24, 2.45) is 0 Å². The molecule has 0 aliphatic heterocycles. The third-order valence-electron chi connectivity index (χ3n) is 1.25. The van der Waals surface area contributed by atoms with Gasteiger partial charge >= 0.3 is 0 Å². The van der Waals surface area contributed by atoms with Crippen LogP contribution in [0.5, 0.6) is 0 Å². The lowest BCUT2D eigenvalue weighted by molar-refractivity contribution is -0.118. The molecule has 0 radical (unpaired) electrons. The molecule has 15 heavy (non-hydrogen) atoms. The van der Waals surface area contributed by atoms with Gasteiger partial charge in [-0.2, -0.15) is 0 Å². The fourth-order valence-corrected chi connectivity index (χ4v) is 2.44. The zero-order valence-electron chi connectivity index (χ0n) is 8.60. The summed E-state index contributed by atoms with van der Waals surface area (Å²) in [7, 11) is 4.62. The zero-order valence-corrected chi connectivity index (χ0v) is 10.2. The molecule has 0 atom stereocenters. The van der Waals surface area contributed by atoms with E-state index in [0.717, 1.165) is 5.03 Å². The third-order valence-corrected chi connectivity index (χ3v) is 3.38. The Bertz CT molecular complexity index is 280. The Morgan fingerprint density at radius 2 is 2.27 bits per heavy atom. The number of nitrogens with one attached hydrogen (secondary N) is 1. The van der Waals surface area contributed by atoms with E-state index in [1.54, 1.807) is 13.2 Å². The van der Waals surface area contributed by atoms with Crippen molar-refractivity contribution in [1.82, 2.24) is 10.3 Å². The second-order valence-corrected chi connectivity index (χ2v) is 4.50. The van der Waals surface area contributed by atoms with Crippen molar-refractivity contribution in [3.05, 3.63) is 37.6 Å². The third kappa shape index (κ3) is 7.04. The topological polar surface area (TPSA) is 42.0 Å². The molecule has 5 heteroatoms. The van der Waals surface area contributed by atoms with E-state index in [0.29, 0.717) is 5.75 Å². The number of hydrogen-bond donors (Lipinski definition) is 1. The fourth-order valence-electron chi connectivity index (χ4n) is 0.612. The Morgan fingerprint density at radius 1 is 1.53 bits per heavy atom. The summed E-state index contributed by atoms with van der Waals surface area (Å²) in [6.45, 7) is 6.00. The molecule has 0 aliphatic rings. The van der Waals surface area contributed by atoms with Crippen LogP contribution in [0, 0.1) is 0 Å². The van der Waals surface area contributed by atoms with Crippen molar-refractivity contribution < 1.29 is 4.79 Å². The minimum Gasteiger partial charge on any atom is -0.358 e. The summed E-state index contributed by atoms with van der Waals surface area (Å²) in [5, 5.41) is 3.48. The Kier molecular flexibility index (Phi) is 9.01. The molecule has 82 valence electrons. The van der Waals surface area contributed by atoms with Crippen molar-refractivity contribution in [3.63, 3.8) is 0 Å². The van der Waals surface area contributed by atoms with Crippen LogP contribution < -0.4 is 5.32 Å². The lowest BCUT2D eigenvalue weighted by Crippen LogP contribution is -2.19. The van der Waals surface area contributed by atoms with Gasteiger partial charge in [0.25, 0.3) is 0 Å². The monoisotopic (exact) mass is 242 g/mol. The Balaban J connectivity index is 0.000000921. The molecule has 0 aliphatic carbocycles. The molecule has 0 spiro atoms. The van der Waals surface area contributed by atoms with Crippen LogP contribution >= 0.6 is 21.6 Å². The summed E-state index contributed by atoms with van der Waals surface area (Å²) < 4.78 is 0. The van der Waals surface area contributed by atoms with E-state index in [1.807, 2.05) is 18.2 Å². The largest absolute Gasteiger partial charge is 0.358 e. The van der Waals surface area contributed by atoms with Crippen LogP contribution in [0.1, 0.15) is 0 Å². The van der Waals surface area contributed by atoms with Gasteiger partial charge in [0.1, 0.15) is 5.03 Å². The van der Waals surface area contributed by atoms with Gasteiger partial charge in [0.2, 0.25) is 5.91 Å². The molecule has 0 aromatic carbocycles. The van der Waals surface area contributed by atoms with Crippen LogP contribution in [0.3, 0.4) is 0 Å². The van der Waals surface area contributed by atoms with E-state index < -0.39 is 0 Å². The maximum absolute atomic E-state index is 10.8. The smallest absolute Gasteiger partial charge is 0.230 e. The number of pyridine rings is 1. The first-order valence-corrected chi connectivity index (χ1v) is 6.56. The highest BCUT2D eigenvalue weighted by molar-refractivity contribution is 8.76. The second-order valence-electron chi connectivity index (χ2n) is 2.19. The lowest BCUT2D eigenvalue weighted by Gasteiger charge is -1.98. The summed E-state index contributed by atoms with van der Waals surface area (Å²) in [5.74, 6) is 0.492. The minimum absolute atomic E-state index is 0.0356. The summed E-state index contributed by atoms with van der Waals surface area (Å²) >= 11 is 0. The average Bonchev–Trinajstić information content (AvgIpc) is 2.33. The van der Waals surface area contributed by atoms with Crippen molar-refractivity contribution in [3.8, 4) is 0 Å². The Labute approximate surface area is 98.1 Å². The zero-order chi connectivity index (χ0) is 11.5. The van der Waals surface area contributed by atoms with E-state index in [4.69, 9.17) is 0 Å². The first-order chi connectivity index (χ1) is 7.33. The number of aromatic nitrogens is 1. The molecular formula is C10H14N2OS2. The molecule has 0 saturated carbocycles. The molecule has 0 unspecified atom stereocenters. The quantitative estimate of drug-likeness (QED) is 0.650. The van der Waals surface area contributed by atoms with Crippen LogP contribution in [0.25, 0.3) is 0 Å². The first kappa shape index (κ1) is 14.1. The Hall–Kier alpha value is -0.940. The van der Waals surface area contributed by atoms with Crippen LogP contribution in [0.15, 0.2) is 42.6 Å². The maximum atomic E-state index is 10.8. The standard InChI is InChI=1S/C8H10N2OS2.C2H4/c1-9-7(11)6-12-13-8-4-2-3-5-10-8;1-2/h2-5H,6H2,1H3,(H,9,11);1-2H2. The highest BCUT2D eigenvalue weighted by atomic mass is 33.1. The molecule has 0 fully saturated rings. The lowest BCUT2D eigenvalue weighted by atomic mass is 10.5. The number of rotatable bonds is 4. The van der Waals surface area contributed by atoms with E-state index in [2.05, 4.69) is 23.5 Å². The minimum atomic E-state index is 0.0356. The van der Waals surface area contributed by atoms with Gasteiger partial charge in [0.15, 0.2) is 0 Å². The summed E-state index contributed by atoms with van der Waals surface area (Å²) in [6, 6.07) is 5.71. The normalized spacial score (nSPS) is 8.60. The molecule has 0 saturated heterocycles. The molecule has 1 rings (SSSR count). The van der Waals surface area contributed by atoms with Crippen molar-refractivity contribution >= 4 is 27.5 Å². The number of nitrogens with zero attached hydrogens (tertiary/aromatic N) is 1. The van der Waals surface area contributed by atoms with Crippen LogP contribution in [0.2, 0.25) is 0 Å².